The molecular weight excluding hydrogens is 242 g/mol. The number of carboxylic acids is 1. The number of aromatic carboxylic acids is 1. The van der Waals surface area contributed by atoms with Crippen molar-refractivity contribution in [3.63, 3.8) is 0 Å². The number of amides is 1. The van der Waals surface area contributed by atoms with E-state index in [-0.39, 0.29) is 11.4 Å². The Hall–Kier alpha value is -1.50. The molecule has 17 heavy (non-hydrogen) atoms. The van der Waals surface area contributed by atoms with Gasteiger partial charge in [-0.25, -0.2) is 9.78 Å². The van der Waals surface area contributed by atoms with E-state index in [0.717, 1.165) is 18.6 Å². The Balaban J connectivity index is 2.42. The van der Waals surface area contributed by atoms with E-state index in [1.807, 2.05) is 6.26 Å². The molecule has 0 fully saturated rings. The summed E-state index contributed by atoms with van der Waals surface area (Å²) in [6, 6.07) is 0. The first-order chi connectivity index (χ1) is 8.16. The van der Waals surface area contributed by atoms with Gasteiger partial charge in [0.05, 0.1) is 6.33 Å². The molecule has 0 saturated carbocycles. The smallest absolute Gasteiger partial charge is 0.354 e. The summed E-state index contributed by atoms with van der Waals surface area (Å²) in [5.74, 6) is -0.582. The van der Waals surface area contributed by atoms with Crippen LogP contribution < -0.4 is 5.32 Å². The molecule has 1 amide bonds. The fourth-order valence-corrected chi connectivity index (χ4v) is 1.78. The van der Waals surface area contributed by atoms with Crippen LogP contribution in [-0.4, -0.2) is 45.5 Å². The van der Waals surface area contributed by atoms with Crippen molar-refractivity contribution >= 4 is 23.6 Å². The molecule has 0 atom stereocenters. The number of aromatic nitrogens is 2. The van der Waals surface area contributed by atoms with Gasteiger partial charge in [0.25, 0.3) is 5.91 Å². The molecule has 0 saturated heterocycles. The third-order valence-corrected chi connectivity index (χ3v) is 2.83. The number of H-pyrrole nitrogens is 1. The summed E-state index contributed by atoms with van der Waals surface area (Å²) < 4.78 is 0. The van der Waals surface area contributed by atoms with Crippen LogP contribution in [0.2, 0.25) is 0 Å². The lowest BCUT2D eigenvalue weighted by molar-refractivity contribution is 0.0685. The maximum absolute atomic E-state index is 11.6. The third-order valence-electron chi connectivity index (χ3n) is 2.13. The predicted octanol–water partition coefficient (Wildman–Crippen LogP) is 0.981. The lowest BCUT2D eigenvalue weighted by Gasteiger charge is -2.03. The largest absolute Gasteiger partial charge is 0.477 e. The first-order valence-electron chi connectivity index (χ1n) is 5.20. The van der Waals surface area contributed by atoms with Crippen LogP contribution in [0.25, 0.3) is 0 Å². The van der Waals surface area contributed by atoms with Crippen molar-refractivity contribution in [3.8, 4) is 0 Å². The lowest BCUT2D eigenvalue weighted by Crippen LogP contribution is -2.26. The van der Waals surface area contributed by atoms with E-state index in [1.165, 1.54) is 6.33 Å². The number of aromatic amines is 1. The van der Waals surface area contributed by atoms with Crippen molar-refractivity contribution < 1.29 is 14.7 Å². The molecule has 3 N–H and O–H groups in total. The highest BCUT2D eigenvalue weighted by atomic mass is 32.2. The van der Waals surface area contributed by atoms with Crippen molar-refractivity contribution in [1.82, 2.24) is 15.3 Å². The molecule has 94 valence electrons. The van der Waals surface area contributed by atoms with Crippen molar-refractivity contribution in [2.75, 3.05) is 18.6 Å². The minimum atomic E-state index is -1.19. The van der Waals surface area contributed by atoms with Crippen LogP contribution in [-0.2, 0) is 0 Å². The van der Waals surface area contributed by atoms with E-state index in [1.54, 1.807) is 11.8 Å². The van der Waals surface area contributed by atoms with E-state index in [0.29, 0.717) is 6.54 Å². The summed E-state index contributed by atoms with van der Waals surface area (Å²) in [5.41, 5.74) is -0.242. The number of imidazole rings is 1. The Kier molecular flexibility index (Phi) is 5.55. The third kappa shape index (κ3) is 4.10. The lowest BCUT2D eigenvalue weighted by atomic mass is 10.3. The molecule has 0 radical (unpaired) electrons. The maximum atomic E-state index is 11.6. The monoisotopic (exact) mass is 257 g/mol. The van der Waals surface area contributed by atoms with Crippen LogP contribution in [0.15, 0.2) is 6.33 Å². The molecule has 1 heterocycles. The molecule has 0 aliphatic carbocycles. The number of carboxylic acid groups (broad SMARTS) is 1. The van der Waals surface area contributed by atoms with Crippen molar-refractivity contribution in [3.05, 3.63) is 17.7 Å². The van der Waals surface area contributed by atoms with Crippen LogP contribution in [0.5, 0.6) is 0 Å². The highest BCUT2D eigenvalue weighted by molar-refractivity contribution is 7.98. The van der Waals surface area contributed by atoms with Gasteiger partial charge in [-0.1, -0.05) is 0 Å². The number of rotatable bonds is 7. The molecule has 0 spiro atoms. The molecule has 0 aliphatic heterocycles. The summed E-state index contributed by atoms with van der Waals surface area (Å²) >= 11 is 1.76. The fraction of sp³-hybridized carbons (Fsp3) is 0.500. The van der Waals surface area contributed by atoms with Gasteiger partial charge in [-0.2, -0.15) is 11.8 Å². The fourth-order valence-electron chi connectivity index (χ4n) is 1.29. The van der Waals surface area contributed by atoms with Crippen LogP contribution >= 0.6 is 11.8 Å². The average Bonchev–Trinajstić information content (AvgIpc) is 2.77. The van der Waals surface area contributed by atoms with Gasteiger partial charge in [0.1, 0.15) is 0 Å². The number of carbonyl (C=O) groups is 2. The summed E-state index contributed by atoms with van der Waals surface area (Å²) in [4.78, 5) is 28.5. The molecule has 0 unspecified atom stereocenters. The molecule has 1 aromatic heterocycles. The summed E-state index contributed by atoms with van der Waals surface area (Å²) in [5, 5.41) is 11.4. The quantitative estimate of drug-likeness (QED) is 0.633. The van der Waals surface area contributed by atoms with E-state index < -0.39 is 11.9 Å². The second-order valence-electron chi connectivity index (χ2n) is 3.39. The van der Waals surface area contributed by atoms with Crippen molar-refractivity contribution in [1.29, 1.82) is 0 Å². The van der Waals surface area contributed by atoms with Crippen LogP contribution in [0, 0.1) is 0 Å². The Morgan fingerprint density at radius 3 is 2.94 bits per heavy atom. The molecule has 7 heteroatoms. The number of nitrogens with zero attached hydrogens (tertiary/aromatic N) is 1. The van der Waals surface area contributed by atoms with Gasteiger partial charge in [0.2, 0.25) is 0 Å². The van der Waals surface area contributed by atoms with Gasteiger partial charge in [0.15, 0.2) is 11.4 Å². The number of unbranched alkanes of at least 4 members (excludes halogenated alkanes) is 1. The number of hydrogen-bond acceptors (Lipinski definition) is 4. The SMILES string of the molecule is CSCCCCNC(=O)c1nc[nH]c1C(=O)O. The zero-order valence-corrected chi connectivity index (χ0v) is 10.3. The van der Waals surface area contributed by atoms with Gasteiger partial charge in [-0.3, -0.25) is 4.79 Å². The van der Waals surface area contributed by atoms with Crippen LogP contribution in [0.3, 0.4) is 0 Å². The minimum absolute atomic E-state index is 0.0673. The van der Waals surface area contributed by atoms with Crippen LogP contribution in [0.1, 0.15) is 33.8 Å². The standard InChI is InChI=1S/C10H15N3O3S/c1-17-5-3-2-4-11-9(14)7-8(10(15)16)13-6-12-7/h6H,2-5H2,1H3,(H,11,14)(H,12,13)(H,15,16). The normalized spacial score (nSPS) is 10.2. The Labute approximate surface area is 103 Å². The van der Waals surface area contributed by atoms with E-state index >= 15 is 0 Å². The zero-order valence-electron chi connectivity index (χ0n) is 9.52. The molecule has 0 aromatic carbocycles. The van der Waals surface area contributed by atoms with E-state index in [2.05, 4.69) is 15.3 Å². The van der Waals surface area contributed by atoms with Crippen LogP contribution in [0.4, 0.5) is 0 Å². The van der Waals surface area contributed by atoms with Gasteiger partial charge < -0.3 is 15.4 Å². The number of hydrogen-bond donors (Lipinski definition) is 3. The average molecular weight is 257 g/mol. The first-order valence-corrected chi connectivity index (χ1v) is 6.60. The molecule has 0 aliphatic rings. The second kappa shape index (κ2) is 6.95. The Morgan fingerprint density at radius 1 is 1.53 bits per heavy atom. The van der Waals surface area contributed by atoms with Crippen molar-refractivity contribution in [2.45, 2.75) is 12.8 Å². The van der Waals surface area contributed by atoms with E-state index in [4.69, 9.17) is 5.11 Å². The summed E-state index contributed by atoms with van der Waals surface area (Å²) in [6.45, 7) is 0.533. The number of thioether (sulfide) groups is 1. The van der Waals surface area contributed by atoms with E-state index in [9.17, 15) is 9.59 Å². The number of nitrogens with one attached hydrogen (secondary N) is 2. The summed E-state index contributed by atoms with van der Waals surface area (Å²) in [7, 11) is 0. The highest BCUT2D eigenvalue weighted by Gasteiger charge is 2.18. The Morgan fingerprint density at radius 2 is 2.29 bits per heavy atom. The number of carbonyl (C=O) groups excluding carboxylic acids is 1. The molecule has 1 rings (SSSR count). The minimum Gasteiger partial charge on any atom is -0.477 e. The first kappa shape index (κ1) is 13.6. The Bertz CT molecular complexity index is 392. The van der Waals surface area contributed by atoms with Gasteiger partial charge in [-0.15, -0.1) is 0 Å². The molecule has 1 aromatic rings. The molecular formula is C10H15N3O3S. The summed E-state index contributed by atoms with van der Waals surface area (Å²) in [6.07, 6.45) is 5.13. The molecule has 0 bridgehead atoms. The van der Waals surface area contributed by atoms with Gasteiger partial charge in [-0.05, 0) is 24.9 Å². The second-order valence-corrected chi connectivity index (χ2v) is 4.37. The topological polar surface area (TPSA) is 95.1 Å². The molecule has 6 nitrogen and oxygen atoms in total. The maximum Gasteiger partial charge on any atom is 0.354 e. The van der Waals surface area contributed by atoms with Gasteiger partial charge in [0, 0.05) is 6.54 Å². The van der Waals surface area contributed by atoms with Crippen molar-refractivity contribution in [2.24, 2.45) is 0 Å². The highest BCUT2D eigenvalue weighted by Crippen LogP contribution is 2.03. The zero-order chi connectivity index (χ0) is 12.7. The predicted molar refractivity (Wildman–Crippen MR) is 65.5 cm³/mol. The van der Waals surface area contributed by atoms with Gasteiger partial charge >= 0.3 is 5.97 Å².